The quantitative estimate of drug-likeness (QED) is 0.892. The molecular weight excluding hydrogens is 298 g/mol. The molecule has 108 valence electrons. The fourth-order valence-corrected chi connectivity index (χ4v) is 2.54. The molecule has 2 aromatic rings. The molecule has 2 rings (SSSR count). The van der Waals surface area contributed by atoms with Gasteiger partial charge >= 0.3 is 0 Å². The molecule has 1 aromatic heterocycles. The van der Waals surface area contributed by atoms with Crippen molar-refractivity contribution < 1.29 is 8.42 Å². The zero-order valence-corrected chi connectivity index (χ0v) is 12.8. The van der Waals surface area contributed by atoms with Gasteiger partial charge in [0.2, 0.25) is 10.0 Å². The normalized spacial score (nSPS) is 11.3. The maximum absolute atomic E-state index is 11.2. The molecule has 0 bridgehead atoms. The lowest BCUT2D eigenvalue weighted by atomic mass is 10.2. The molecule has 2 N–H and O–H groups in total. The van der Waals surface area contributed by atoms with Crippen molar-refractivity contribution in [3.8, 4) is 0 Å². The monoisotopic (exact) mass is 313 g/mol. The number of aromatic nitrogens is 1. The molecule has 0 radical (unpaired) electrons. The van der Waals surface area contributed by atoms with E-state index in [-0.39, 0.29) is 0 Å². The van der Waals surface area contributed by atoms with Crippen LogP contribution in [0.1, 0.15) is 5.56 Å². The van der Waals surface area contributed by atoms with Gasteiger partial charge in [0.05, 0.1) is 22.7 Å². The topological polar surface area (TPSA) is 63.1 Å². The summed E-state index contributed by atoms with van der Waals surface area (Å²) in [5.74, 6) is 0. The van der Waals surface area contributed by atoms with E-state index in [0.29, 0.717) is 22.9 Å². The van der Waals surface area contributed by atoms with Crippen molar-refractivity contribution in [3.63, 3.8) is 0 Å². The lowest BCUT2D eigenvalue weighted by Gasteiger charge is -2.10. The first-order chi connectivity index (χ1) is 9.33. The van der Waals surface area contributed by atoms with Gasteiger partial charge in [-0.1, -0.05) is 11.6 Å². The summed E-state index contributed by atoms with van der Waals surface area (Å²) in [6.07, 6.45) is 5.07. The number of rotatable bonds is 5. The highest BCUT2D eigenvalue weighted by atomic mass is 35.5. The molecule has 0 amide bonds. The van der Waals surface area contributed by atoms with Crippen molar-refractivity contribution in [3.05, 3.63) is 47.2 Å². The second-order valence-electron chi connectivity index (χ2n) is 4.61. The summed E-state index contributed by atoms with van der Waals surface area (Å²) in [5.41, 5.74) is 2.28. The van der Waals surface area contributed by atoms with Crippen LogP contribution >= 0.6 is 11.6 Å². The third kappa shape index (κ3) is 4.18. The van der Waals surface area contributed by atoms with Gasteiger partial charge < -0.3 is 9.88 Å². The number of aryl methyl sites for hydroxylation is 1. The van der Waals surface area contributed by atoms with E-state index in [1.807, 2.05) is 30.1 Å². The Kier molecular flexibility index (Phi) is 4.25. The van der Waals surface area contributed by atoms with E-state index in [9.17, 15) is 8.42 Å². The van der Waals surface area contributed by atoms with Gasteiger partial charge in [0.1, 0.15) is 0 Å². The lowest BCUT2D eigenvalue weighted by molar-refractivity contribution is 0.607. The van der Waals surface area contributed by atoms with Crippen LogP contribution in [0.3, 0.4) is 0 Å². The Hall–Kier alpha value is -1.66. The van der Waals surface area contributed by atoms with Gasteiger partial charge in [-0.25, -0.2) is 8.42 Å². The average molecular weight is 314 g/mol. The molecule has 1 aromatic carbocycles. The maximum atomic E-state index is 11.2. The van der Waals surface area contributed by atoms with Crippen molar-refractivity contribution in [1.29, 1.82) is 0 Å². The number of sulfonamides is 1. The Morgan fingerprint density at radius 2 is 2.05 bits per heavy atom. The molecule has 0 aliphatic carbocycles. The number of halogens is 1. The van der Waals surface area contributed by atoms with Crippen molar-refractivity contribution in [2.75, 3.05) is 16.3 Å². The molecule has 0 saturated carbocycles. The van der Waals surface area contributed by atoms with Crippen LogP contribution < -0.4 is 10.0 Å². The second-order valence-corrected chi connectivity index (χ2v) is 6.76. The van der Waals surface area contributed by atoms with Crippen LogP contribution in [0.15, 0.2) is 36.7 Å². The Balaban J connectivity index is 2.12. The molecule has 1 heterocycles. The molecule has 0 aliphatic rings. The smallest absolute Gasteiger partial charge is 0.229 e. The van der Waals surface area contributed by atoms with Crippen LogP contribution in [-0.2, 0) is 23.6 Å². The predicted molar refractivity (Wildman–Crippen MR) is 82.7 cm³/mol. The Morgan fingerprint density at radius 1 is 1.30 bits per heavy atom. The minimum absolute atomic E-state index is 0.479. The van der Waals surface area contributed by atoms with Gasteiger partial charge in [0.15, 0.2) is 0 Å². The molecule has 0 atom stereocenters. The van der Waals surface area contributed by atoms with Gasteiger partial charge in [0, 0.05) is 26.0 Å². The molecule has 0 aliphatic heterocycles. The summed E-state index contributed by atoms with van der Waals surface area (Å²) in [4.78, 5) is 0. The minimum Gasteiger partial charge on any atom is -0.380 e. The van der Waals surface area contributed by atoms with Gasteiger partial charge in [-0.15, -0.1) is 0 Å². The minimum atomic E-state index is -3.29. The van der Waals surface area contributed by atoms with Gasteiger partial charge in [-0.05, 0) is 29.8 Å². The van der Waals surface area contributed by atoms with E-state index < -0.39 is 10.0 Å². The summed E-state index contributed by atoms with van der Waals surface area (Å²) in [5, 5.41) is 3.73. The summed E-state index contributed by atoms with van der Waals surface area (Å²) < 4.78 is 26.8. The van der Waals surface area contributed by atoms with E-state index in [2.05, 4.69) is 10.0 Å². The number of benzene rings is 1. The van der Waals surface area contributed by atoms with Crippen LogP contribution in [0.5, 0.6) is 0 Å². The van der Waals surface area contributed by atoms with Crippen LogP contribution in [-0.4, -0.2) is 19.2 Å². The number of nitrogens with zero attached hydrogens (tertiary/aromatic N) is 1. The zero-order chi connectivity index (χ0) is 14.8. The van der Waals surface area contributed by atoms with Crippen molar-refractivity contribution in [2.45, 2.75) is 6.54 Å². The van der Waals surface area contributed by atoms with E-state index in [1.165, 1.54) is 0 Å². The second kappa shape index (κ2) is 5.76. The first-order valence-corrected chi connectivity index (χ1v) is 8.22. The highest BCUT2D eigenvalue weighted by Gasteiger charge is 2.06. The molecule has 5 nitrogen and oxygen atoms in total. The third-order valence-corrected chi connectivity index (χ3v) is 3.58. The fraction of sp³-hybridized carbons (Fsp3) is 0.231. The Morgan fingerprint density at radius 3 is 2.65 bits per heavy atom. The van der Waals surface area contributed by atoms with E-state index in [0.717, 1.165) is 11.8 Å². The van der Waals surface area contributed by atoms with Gasteiger partial charge in [0.25, 0.3) is 0 Å². The first-order valence-electron chi connectivity index (χ1n) is 5.95. The summed E-state index contributed by atoms with van der Waals surface area (Å²) >= 11 is 6.09. The number of nitrogens with one attached hydrogen (secondary N) is 2. The highest BCUT2D eigenvalue weighted by molar-refractivity contribution is 7.92. The lowest BCUT2D eigenvalue weighted by Crippen LogP contribution is -2.10. The molecule has 7 heteroatoms. The van der Waals surface area contributed by atoms with E-state index in [4.69, 9.17) is 11.6 Å². The average Bonchev–Trinajstić information content (AvgIpc) is 2.74. The van der Waals surface area contributed by atoms with Crippen LogP contribution in [0.25, 0.3) is 0 Å². The third-order valence-electron chi connectivity index (χ3n) is 2.65. The van der Waals surface area contributed by atoms with E-state index in [1.54, 1.807) is 18.2 Å². The fourth-order valence-electron chi connectivity index (χ4n) is 1.80. The molecule has 0 saturated heterocycles. The Bertz CT molecular complexity index is 710. The summed E-state index contributed by atoms with van der Waals surface area (Å²) in [7, 11) is -1.34. The Labute approximate surface area is 123 Å². The number of anilines is 2. The molecule has 20 heavy (non-hydrogen) atoms. The first kappa shape index (κ1) is 14.7. The SMILES string of the molecule is Cn1ccc(CNc2cc(NS(C)(=O)=O)ccc2Cl)c1. The standard InChI is InChI=1S/C13H16ClN3O2S/c1-17-6-5-10(9-17)8-15-13-7-11(3-4-12(13)14)16-20(2,18)19/h3-7,9,15-16H,8H2,1-2H3. The molecular formula is C13H16ClN3O2S. The van der Waals surface area contributed by atoms with Crippen molar-refractivity contribution in [1.82, 2.24) is 4.57 Å². The summed E-state index contributed by atoms with van der Waals surface area (Å²) in [6, 6.07) is 6.95. The summed E-state index contributed by atoms with van der Waals surface area (Å²) in [6.45, 7) is 0.614. The molecule has 0 unspecified atom stereocenters. The largest absolute Gasteiger partial charge is 0.380 e. The van der Waals surface area contributed by atoms with Gasteiger partial charge in [-0.2, -0.15) is 0 Å². The predicted octanol–water partition coefficient (Wildman–Crippen LogP) is 2.66. The van der Waals surface area contributed by atoms with Crippen LogP contribution in [0.4, 0.5) is 11.4 Å². The molecule has 0 spiro atoms. The number of hydrogen-bond acceptors (Lipinski definition) is 3. The van der Waals surface area contributed by atoms with Crippen LogP contribution in [0, 0.1) is 0 Å². The highest BCUT2D eigenvalue weighted by Crippen LogP contribution is 2.26. The maximum Gasteiger partial charge on any atom is 0.229 e. The van der Waals surface area contributed by atoms with Crippen molar-refractivity contribution in [2.24, 2.45) is 7.05 Å². The zero-order valence-electron chi connectivity index (χ0n) is 11.2. The van der Waals surface area contributed by atoms with Crippen LogP contribution in [0.2, 0.25) is 5.02 Å². The van der Waals surface area contributed by atoms with E-state index >= 15 is 0 Å². The number of hydrogen-bond donors (Lipinski definition) is 2. The molecule has 0 fully saturated rings. The van der Waals surface area contributed by atoms with Gasteiger partial charge in [-0.3, -0.25) is 4.72 Å². The van der Waals surface area contributed by atoms with Crippen molar-refractivity contribution >= 4 is 33.0 Å².